The van der Waals surface area contributed by atoms with Gasteiger partial charge in [0.2, 0.25) is 0 Å². The van der Waals surface area contributed by atoms with E-state index in [1.165, 1.54) is 12.1 Å². The van der Waals surface area contributed by atoms with Crippen molar-refractivity contribution >= 4 is 11.6 Å². The first-order valence-electron chi connectivity index (χ1n) is 5.56. The zero-order valence-corrected chi connectivity index (χ0v) is 10.7. The minimum absolute atomic E-state index is 0.294. The van der Waals surface area contributed by atoms with Gasteiger partial charge in [-0.15, -0.1) is 0 Å². The lowest BCUT2D eigenvalue weighted by Crippen LogP contribution is -2.06. The summed E-state index contributed by atoms with van der Waals surface area (Å²) in [5.74, 6) is 0.860. The summed E-state index contributed by atoms with van der Waals surface area (Å²) in [6, 6.07) is 11.4. The van der Waals surface area contributed by atoms with Crippen LogP contribution in [0.3, 0.4) is 0 Å². The number of hydrogen-bond donors (Lipinski definition) is 1. The van der Waals surface area contributed by atoms with E-state index >= 15 is 0 Å². The van der Waals surface area contributed by atoms with E-state index in [2.05, 4.69) is 5.32 Å². The van der Waals surface area contributed by atoms with Gasteiger partial charge in [0.25, 0.3) is 0 Å². The monoisotopic (exact) mass is 265 g/mol. The van der Waals surface area contributed by atoms with E-state index in [4.69, 9.17) is 16.3 Å². The van der Waals surface area contributed by atoms with Crippen molar-refractivity contribution < 1.29 is 9.13 Å². The minimum atomic E-state index is -0.294. The first kappa shape index (κ1) is 12.9. The molecule has 2 nitrogen and oxygen atoms in total. The first-order chi connectivity index (χ1) is 8.70. The SMILES string of the molecule is CNCc1cccc(Cl)c1Oc1ccc(F)cc1. The molecule has 1 N–H and O–H groups in total. The van der Waals surface area contributed by atoms with Crippen LogP contribution in [0.2, 0.25) is 5.02 Å². The molecule has 2 rings (SSSR count). The third-order valence-electron chi connectivity index (χ3n) is 2.45. The summed E-state index contributed by atoms with van der Waals surface area (Å²) in [4.78, 5) is 0. The molecule has 0 aliphatic heterocycles. The van der Waals surface area contributed by atoms with Crippen LogP contribution in [-0.4, -0.2) is 7.05 Å². The molecule has 0 radical (unpaired) electrons. The fourth-order valence-corrected chi connectivity index (χ4v) is 1.85. The first-order valence-corrected chi connectivity index (χ1v) is 5.94. The van der Waals surface area contributed by atoms with Crippen LogP contribution in [0.5, 0.6) is 11.5 Å². The Hall–Kier alpha value is -1.58. The summed E-state index contributed by atoms with van der Waals surface area (Å²) in [5.41, 5.74) is 0.953. The fourth-order valence-electron chi connectivity index (χ4n) is 1.62. The predicted molar refractivity (Wildman–Crippen MR) is 70.7 cm³/mol. The average Bonchev–Trinajstić information content (AvgIpc) is 2.36. The molecule has 2 aromatic carbocycles. The van der Waals surface area contributed by atoms with Gasteiger partial charge < -0.3 is 10.1 Å². The van der Waals surface area contributed by atoms with Gasteiger partial charge in [0.15, 0.2) is 0 Å². The molecule has 0 atom stereocenters. The highest BCUT2D eigenvalue weighted by atomic mass is 35.5. The number of rotatable bonds is 4. The van der Waals surface area contributed by atoms with Crippen LogP contribution in [0, 0.1) is 5.82 Å². The second-order valence-electron chi connectivity index (χ2n) is 3.81. The van der Waals surface area contributed by atoms with Crippen molar-refractivity contribution in [2.45, 2.75) is 6.54 Å². The highest BCUT2D eigenvalue weighted by Gasteiger charge is 2.09. The summed E-state index contributed by atoms with van der Waals surface area (Å²) in [6.07, 6.45) is 0. The minimum Gasteiger partial charge on any atom is -0.455 e. The number of nitrogens with one attached hydrogen (secondary N) is 1. The molecule has 0 aliphatic rings. The average molecular weight is 266 g/mol. The molecule has 2 aromatic rings. The van der Waals surface area contributed by atoms with E-state index in [1.54, 1.807) is 18.2 Å². The third-order valence-corrected chi connectivity index (χ3v) is 2.75. The number of benzene rings is 2. The summed E-state index contributed by atoms with van der Waals surface area (Å²) in [5, 5.41) is 3.58. The maximum Gasteiger partial charge on any atom is 0.150 e. The van der Waals surface area contributed by atoms with Crippen molar-refractivity contribution in [1.29, 1.82) is 0 Å². The van der Waals surface area contributed by atoms with E-state index in [1.807, 2.05) is 19.2 Å². The topological polar surface area (TPSA) is 21.3 Å². The van der Waals surface area contributed by atoms with E-state index in [0.717, 1.165) is 5.56 Å². The van der Waals surface area contributed by atoms with Crippen LogP contribution in [-0.2, 0) is 6.54 Å². The van der Waals surface area contributed by atoms with Gasteiger partial charge in [-0.05, 0) is 37.4 Å². The van der Waals surface area contributed by atoms with Crippen molar-refractivity contribution in [3.8, 4) is 11.5 Å². The van der Waals surface area contributed by atoms with Crippen LogP contribution in [0.15, 0.2) is 42.5 Å². The van der Waals surface area contributed by atoms with E-state index < -0.39 is 0 Å². The Balaban J connectivity index is 2.30. The standard InChI is InChI=1S/C14H13ClFNO/c1-17-9-10-3-2-4-13(15)14(10)18-12-7-5-11(16)6-8-12/h2-8,17H,9H2,1H3. The lowest BCUT2D eigenvalue weighted by molar-refractivity contribution is 0.472. The largest absolute Gasteiger partial charge is 0.455 e. The summed E-state index contributed by atoms with van der Waals surface area (Å²) >= 11 is 6.12. The molecule has 94 valence electrons. The van der Waals surface area contributed by atoms with Gasteiger partial charge in [0.05, 0.1) is 5.02 Å². The van der Waals surface area contributed by atoms with Crippen LogP contribution >= 0.6 is 11.6 Å². The Labute approximate surface area is 110 Å². The third kappa shape index (κ3) is 3.00. The van der Waals surface area contributed by atoms with E-state index in [0.29, 0.717) is 23.1 Å². The van der Waals surface area contributed by atoms with Crippen molar-refractivity contribution in [2.24, 2.45) is 0 Å². The molecule has 0 aliphatic carbocycles. The van der Waals surface area contributed by atoms with Crippen LogP contribution in [0.1, 0.15) is 5.56 Å². The van der Waals surface area contributed by atoms with Crippen molar-refractivity contribution in [3.63, 3.8) is 0 Å². The molecule has 0 bridgehead atoms. The second kappa shape index (κ2) is 5.85. The number of para-hydroxylation sites is 1. The number of ether oxygens (including phenoxy) is 1. The molecule has 0 heterocycles. The maximum atomic E-state index is 12.8. The van der Waals surface area contributed by atoms with Gasteiger partial charge in [0, 0.05) is 12.1 Å². The molecule has 0 saturated carbocycles. The van der Waals surface area contributed by atoms with Crippen LogP contribution in [0.4, 0.5) is 4.39 Å². The summed E-state index contributed by atoms with van der Waals surface area (Å²) in [7, 11) is 1.85. The Bertz CT molecular complexity index is 528. The summed E-state index contributed by atoms with van der Waals surface area (Å²) in [6.45, 7) is 0.650. The van der Waals surface area contributed by atoms with Gasteiger partial charge in [-0.1, -0.05) is 23.7 Å². The Morgan fingerprint density at radius 3 is 2.56 bits per heavy atom. The lowest BCUT2D eigenvalue weighted by Gasteiger charge is -2.12. The maximum absolute atomic E-state index is 12.8. The van der Waals surface area contributed by atoms with Crippen LogP contribution in [0.25, 0.3) is 0 Å². The molecule has 18 heavy (non-hydrogen) atoms. The molecular formula is C14H13ClFNO. The fraction of sp³-hybridized carbons (Fsp3) is 0.143. The number of hydrogen-bond acceptors (Lipinski definition) is 2. The smallest absolute Gasteiger partial charge is 0.150 e. The highest BCUT2D eigenvalue weighted by Crippen LogP contribution is 2.32. The molecule has 0 unspecified atom stereocenters. The van der Waals surface area contributed by atoms with Gasteiger partial charge in [-0.25, -0.2) is 4.39 Å². The molecule has 0 amide bonds. The number of halogens is 2. The molecule has 4 heteroatoms. The highest BCUT2D eigenvalue weighted by molar-refractivity contribution is 6.32. The summed E-state index contributed by atoms with van der Waals surface area (Å²) < 4.78 is 18.5. The Kier molecular flexibility index (Phi) is 4.18. The predicted octanol–water partition coefficient (Wildman–Crippen LogP) is 3.99. The van der Waals surface area contributed by atoms with E-state index in [9.17, 15) is 4.39 Å². The van der Waals surface area contributed by atoms with Gasteiger partial charge in [-0.2, -0.15) is 0 Å². The zero-order valence-electron chi connectivity index (χ0n) is 9.91. The van der Waals surface area contributed by atoms with Gasteiger partial charge in [0.1, 0.15) is 17.3 Å². The van der Waals surface area contributed by atoms with Gasteiger partial charge >= 0.3 is 0 Å². The molecule has 0 fully saturated rings. The van der Waals surface area contributed by atoms with Crippen molar-refractivity contribution in [3.05, 3.63) is 58.9 Å². The molecule has 0 aromatic heterocycles. The van der Waals surface area contributed by atoms with Crippen molar-refractivity contribution in [1.82, 2.24) is 5.32 Å². The Morgan fingerprint density at radius 2 is 1.89 bits per heavy atom. The second-order valence-corrected chi connectivity index (χ2v) is 4.22. The Morgan fingerprint density at radius 1 is 1.17 bits per heavy atom. The quantitative estimate of drug-likeness (QED) is 0.902. The molecule has 0 saturated heterocycles. The normalized spacial score (nSPS) is 10.4. The zero-order chi connectivity index (χ0) is 13.0. The lowest BCUT2D eigenvalue weighted by atomic mass is 10.2. The van der Waals surface area contributed by atoms with Gasteiger partial charge in [-0.3, -0.25) is 0 Å². The van der Waals surface area contributed by atoms with Crippen molar-refractivity contribution in [2.75, 3.05) is 7.05 Å². The molecular weight excluding hydrogens is 253 g/mol. The van der Waals surface area contributed by atoms with Crippen LogP contribution < -0.4 is 10.1 Å². The molecule has 0 spiro atoms. The van der Waals surface area contributed by atoms with E-state index in [-0.39, 0.29) is 5.82 Å².